The van der Waals surface area contributed by atoms with E-state index in [1.807, 2.05) is 12.2 Å². The van der Waals surface area contributed by atoms with Crippen molar-refractivity contribution >= 4 is 0 Å². The minimum Gasteiger partial charge on any atom is -0.393 e. The minimum atomic E-state index is -0.533. The van der Waals surface area contributed by atoms with Crippen molar-refractivity contribution in [2.45, 2.75) is 57.8 Å². The van der Waals surface area contributed by atoms with Crippen LogP contribution < -0.4 is 0 Å². The number of allylic oxidation sites excluding steroid dienone is 2. The van der Waals surface area contributed by atoms with Crippen molar-refractivity contribution in [3.63, 3.8) is 0 Å². The Labute approximate surface area is 132 Å². The molecule has 0 saturated heterocycles. The van der Waals surface area contributed by atoms with Crippen molar-refractivity contribution < 1.29 is 15.3 Å². The summed E-state index contributed by atoms with van der Waals surface area (Å²) in [6.45, 7) is 4.39. The highest BCUT2D eigenvalue weighted by Gasteiger charge is 2.57. The number of aliphatic hydroxyl groups is 3. The van der Waals surface area contributed by atoms with Crippen LogP contribution in [0, 0.1) is 22.7 Å². The topological polar surface area (TPSA) is 60.7 Å². The van der Waals surface area contributed by atoms with E-state index in [2.05, 4.69) is 26.0 Å². The van der Waals surface area contributed by atoms with E-state index in [1.54, 1.807) is 0 Å². The molecule has 4 rings (SSSR count). The number of rotatable bonds is 0. The van der Waals surface area contributed by atoms with Crippen LogP contribution in [0.1, 0.15) is 39.5 Å². The molecule has 2 saturated carbocycles. The average Bonchev–Trinajstić information content (AvgIpc) is 2.77. The van der Waals surface area contributed by atoms with Gasteiger partial charge in [0.2, 0.25) is 0 Å². The molecular weight excluding hydrogens is 276 g/mol. The zero-order valence-electron chi connectivity index (χ0n) is 13.4. The summed E-state index contributed by atoms with van der Waals surface area (Å²) in [6.07, 6.45) is 10.3. The smallest absolute Gasteiger partial charge is 0.0906 e. The highest BCUT2D eigenvalue weighted by atomic mass is 16.3. The fourth-order valence-electron chi connectivity index (χ4n) is 5.58. The van der Waals surface area contributed by atoms with Crippen LogP contribution in [-0.4, -0.2) is 33.6 Å². The van der Waals surface area contributed by atoms with E-state index in [1.165, 1.54) is 5.57 Å². The lowest BCUT2D eigenvalue weighted by molar-refractivity contribution is -0.0221. The Morgan fingerprint density at radius 3 is 2.68 bits per heavy atom. The molecule has 0 aromatic carbocycles. The van der Waals surface area contributed by atoms with Crippen LogP contribution >= 0.6 is 0 Å². The van der Waals surface area contributed by atoms with Gasteiger partial charge in [-0.2, -0.15) is 0 Å². The van der Waals surface area contributed by atoms with Gasteiger partial charge >= 0.3 is 0 Å². The van der Waals surface area contributed by atoms with E-state index in [-0.39, 0.29) is 22.9 Å². The van der Waals surface area contributed by atoms with Crippen LogP contribution in [0.4, 0.5) is 0 Å². The first kappa shape index (κ1) is 14.7. The molecule has 0 aliphatic heterocycles. The summed E-state index contributed by atoms with van der Waals surface area (Å²) >= 11 is 0. The molecule has 3 N–H and O–H groups in total. The van der Waals surface area contributed by atoms with E-state index >= 15 is 0 Å². The first-order valence-corrected chi connectivity index (χ1v) is 8.51. The second kappa shape index (κ2) is 4.56. The first-order chi connectivity index (χ1) is 10.4. The average molecular weight is 302 g/mol. The number of fused-ring (bicyclic) bond motifs is 5. The minimum absolute atomic E-state index is 0.0926. The van der Waals surface area contributed by atoms with Crippen molar-refractivity contribution in [2.24, 2.45) is 22.7 Å². The molecule has 3 heteroatoms. The molecule has 22 heavy (non-hydrogen) atoms. The van der Waals surface area contributed by atoms with Crippen LogP contribution in [0.2, 0.25) is 0 Å². The summed E-state index contributed by atoms with van der Waals surface area (Å²) in [5.41, 5.74) is 2.18. The lowest BCUT2D eigenvalue weighted by Crippen LogP contribution is -2.50. The van der Waals surface area contributed by atoms with Gasteiger partial charge in [-0.3, -0.25) is 0 Å². The van der Waals surface area contributed by atoms with Crippen molar-refractivity contribution in [2.75, 3.05) is 0 Å². The zero-order chi connectivity index (χ0) is 15.7. The van der Waals surface area contributed by atoms with E-state index in [0.29, 0.717) is 12.3 Å². The van der Waals surface area contributed by atoms with Gasteiger partial charge < -0.3 is 15.3 Å². The maximum Gasteiger partial charge on any atom is 0.0906 e. The second-order valence-electron chi connectivity index (χ2n) is 8.11. The monoisotopic (exact) mass is 302 g/mol. The quantitative estimate of drug-likeness (QED) is 0.602. The summed E-state index contributed by atoms with van der Waals surface area (Å²) in [5, 5.41) is 31.1. The molecule has 0 unspecified atom stereocenters. The lowest BCUT2D eigenvalue weighted by atomic mass is 9.52. The molecular formula is C19H26O3. The molecule has 120 valence electrons. The summed E-state index contributed by atoms with van der Waals surface area (Å²) in [6, 6.07) is 0. The highest BCUT2D eigenvalue weighted by molar-refractivity contribution is 5.46. The van der Waals surface area contributed by atoms with Gasteiger partial charge in [0.25, 0.3) is 0 Å². The Bertz CT molecular complexity index is 589. The van der Waals surface area contributed by atoms with Crippen LogP contribution in [-0.2, 0) is 0 Å². The summed E-state index contributed by atoms with van der Waals surface area (Å²) in [4.78, 5) is 0. The predicted octanol–water partition coefficient (Wildman–Crippen LogP) is 2.34. The third-order valence-electron chi connectivity index (χ3n) is 7.02. The van der Waals surface area contributed by atoms with Gasteiger partial charge in [0.05, 0.1) is 18.3 Å². The van der Waals surface area contributed by atoms with Gasteiger partial charge in [0.15, 0.2) is 0 Å². The van der Waals surface area contributed by atoms with E-state index in [4.69, 9.17) is 0 Å². The molecule has 7 atom stereocenters. The Kier molecular flexibility index (Phi) is 3.04. The summed E-state index contributed by atoms with van der Waals surface area (Å²) < 4.78 is 0. The molecule has 3 nitrogen and oxygen atoms in total. The summed E-state index contributed by atoms with van der Waals surface area (Å²) in [5.74, 6) is 0.495. The molecule has 0 bridgehead atoms. The second-order valence-corrected chi connectivity index (χ2v) is 8.11. The van der Waals surface area contributed by atoms with Gasteiger partial charge in [0.1, 0.15) is 0 Å². The lowest BCUT2D eigenvalue weighted by Gasteiger charge is -2.53. The number of hydrogen-bond acceptors (Lipinski definition) is 3. The molecule has 4 aliphatic rings. The fraction of sp³-hybridized carbons (Fsp3) is 0.684. The van der Waals surface area contributed by atoms with Crippen molar-refractivity contribution in [3.05, 3.63) is 35.5 Å². The number of aliphatic hydroxyl groups excluding tert-OH is 3. The van der Waals surface area contributed by atoms with Crippen molar-refractivity contribution in [1.29, 1.82) is 0 Å². The largest absolute Gasteiger partial charge is 0.393 e. The van der Waals surface area contributed by atoms with Gasteiger partial charge in [0, 0.05) is 16.7 Å². The van der Waals surface area contributed by atoms with Crippen LogP contribution in [0.5, 0.6) is 0 Å². The maximum absolute atomic E-state index is 10.8. The summed E-state index contributed by atoms with van der Waals surface area (Å²) in [7, 11) is 0. The van der Waals surface area contributed by atoms with Crippen LogP contribution in [0.3, 0.4) is 0 Å². The van der Waals surface area contributed by atoms with Gasteiger partial charge in [-0.1, -0.05) is 42.4 Å². The maximum atomic E-state index is 10.8. The van der Waals surface area contributed by atoms with Crippen molar-refractivity contribution in [1.82, 2.24) is 0 Å². The molecule has 0 spiro atoms. The van der Waals surface area contributed by atoms with E-state index in [0.717, 1.165) is 24.8 Å². The molecule has 0 radical (unpaired) electrons. The van der Waals surface area contributed by atoms with Crippen LogP contribution in [0.25, 0.3) is 0 Å². The molecule has 0 heterocycles. The Morgan fingerprint density at radius 2 is 1.91 bits per heavy atom. The van der Waals surface area contributed by atoms with Gasteiger partial charge in [-0.25, -0.2) is 0 Å². The molecule has 2 fully saturated rings. The standard InChI is InChI=1S/C19H26O3/c1-18-7-5-12(20)9-11(18)10-15(21)17-13-3-4-16(22)19(13,2)8-6-14(17)18/h5-7,9,12-13,15-17,20-22H,3-4,8,10H2,1-2H3/t12-,13-,15-,16-,17-,18-,19-/m0/s1. The molecule has 0 amide bonds. The highest BCUT2D eigenvalue weighted by Crippen LogP contribution is 2.62. The van der Waals surface area contributed by atoms with Crippen molar-refractivity contribution in [3.8, 4) is 0 Å². The molecule has 0 aromatic rings. The van der Waals surface area contributed by atoms with Gasteiger partial charge in [-0.15, -0.1) is 0 Å². The normalized spacial score (nSPS) is 53.2. The molecule has 4 aliphatic carbocycles. The Hall–Kier alpha value is -0.900. The van der Waals surface area contributed by atoms with Crippen LogP contribution in [0.15, 0.2) is 35.5 Å². The number of hydrogen-bond donors (Lipinski definition) is 3. The SMILES string of the molecule is C[C@]12C=C[C@H](O)C=C1C[C@H](O)[C@@H]1C2=CC[C@]2(C)[C@@H](O)CC[C@@H]12. The third-order valence-corrected chi connectivity index (χ3v) is 7.02. The zero-order valence-corrected chi connectivity index (χ0v) is 13.4. The fourth-order valence-corrected chi connectivity index (χ4v) is 5.58. The van der Waals surface area contributed by atoms with Gasteiger partial charge in [-0.05, 0) is 38.5 Å². The first-order valence-electron chi connectivity index (χ1n) is 8.51. The third kappa shape index (κ3) is 1.73. The predicted molar refractivity (Wildman–Crippen MR) is 85.0 cm³/mol. The van der Waals surface area contributed by atoms with E-state index in [9.17, 15) is 15.3 Å². The Morgan fingerprint density at radius 1 is 1.14 bits per heavy atom. The van der Waals surface area contributed by atoms with E-state index < -0.39 is 12.2 Å². The Balaban J connectivity index is 1.81. The molecule has 0 aromatic heterocycles.